The highest BCUT2D eigenvalue weighted by Crippen LogP contribution is 2.17. The smallest absolute Gasteiger partial charge is 0.360 e. The molecule has 0 aliphatic rings. The van der Waals surface area contributed by atoms with E-state index in [0.29, 0.717) is 23.9 Å². The predicted molar refractivity (Wildman–Crippen MR) is 99.7 cm³/mol. The van der Waals surface area contributed by atoms with Crippen LogP contribution in [0.2, 0.25) is 0 Å². The normalized spacial score (nSPS) is 10.6. The van der Waals surface area contributed by atoms with Crippen LogP contribution < -0.4 is 10.1 Å². The molecule has 2 rings (SSSR count). The summed E-state index contributed by atoms with van der Waals surface area (Å²) in [7, 11) is 2.86. The number of aromatic nitrogens is 1. The predicted octanol–water partition coefficient (Wildman–Crippen LogP) is 3.55. The van der Waals surface area contributed by atoms with Crippen LogP contribution in [-0.2, 0) is 11.3 Å². The van der Waals surface area contributed by atoms with E-state index >= 15 is 0 Å². The summed E-state index contributed by atoms with van der Waals surface area (Å²) in [6, 6.07) is 6.78. The van der Waals surface area contributed by atoms with Crippen LogP contribution in [0.5, 0.6) is 5.75 Å². The fraction of sp³-hybridized carbons (Fsp3) is 0.421. The Bertz CT molecular complexity index is 755. The molecule has 1 heterocycles. The van der Waals surface area contributed by atoms with Gasteiger partial charge >= 0.3 is 12.0 Å². The molecular formula is C19H25N3O5. The molecule has 0 saturated carbocycles. The summed E-state index contributed by atoms with van der Waals surface area (Å²) < 4.78 is 15.0. The lowest BCUT2D eigenvalue weighted by Gasteiger charge is -2.22. The number of benzene rings is 1. The number of rotatable bonds is 8. The number of oxazole rings is 1. The SMILES string of the molecule is COC(=O)c1coc(CN(CCC(C)C)C(=O)Nc2ccc(OC)cc2)n1. The van der Waals surface area contributed by atoms with Crippen molar-refractivity contribution in [2.45, 2.75) is 26.8 Å². The number of carbonyl (C=O) groups is 2. The van der Waals surface area contributed by atoms with Crippen molar-refractivity contribution in [3.05, 3.63) is 42.1 Å². The van der Waals surface area contributed by atoms with Crippen LogP contribution in [0.15, 0.2) is 34.9 Å². The van der Waals surface area contributed by atoms with Gasteiger partial charge in [-0.05, 0) is 36.6 Å². The number of nitrogens with zero attached hydrogens (tertiary/aromatic N) is 2. The molecular weight excluding hydrogens is 350 g/mol. The van der Waals surface area contributed by atoms with Crippen LogP contribution >= 0.6 is 0 Å². The lowest BCUT2D eigenvalue weighted by Crippen LogP contribution is -2.36. The third kappa shape index (κ3) is 6.02. The molecule has 1 N–H and O–H groups in total. The maximum Gasteiger partial charge on any atom is 0.360 e. The van der Waals surface area contributed by atoms with Gasteiger partial charge in [0.25, 0.3) is 0 Å². The van der Waals surface area contributed by atoms with Crippen LogP contribution in [0, 0.1) is 5.92 Å². The minimum Gasteiger partial charge on any atom is -0.497 e. The number of ether oxygens (including phenoxy) is 2. The van der Waals surface area contributed by atoms with E-state index in [0.717, 1.165) is 6.42 Å². The minimum atomic E-state index is -0.582. The molecule has 0 atom stereocenters. The van der Waals surface area contributed by atoms with Gasteiger partial charge in [-0.15, -0.1) is 0 Å². The Kier molecular flexibility index (Phi) is 7.22. The van der Waals surface area contributed by atoms with Crippen molar-refractivity contribution in [3.63, 3.8) is 0 Å². The average molecular weight is 375 g/mol. The molecule has 1 aromatic heterocycles. The molecule has 0 saturated heterocycles. The molecule has 0 fully saturated rings. The highest BCUT2D eigenvalue weighted by molar-refractivity contribution is 5.89. The fourth-order valence-electron chi connectivity index (χ4n) is 2.29. The molecule has 0 aliphatic heterocycles. The number of anilines is 1. The summed E-state index contributed by atoms with van der Waals surface area (Å²) in [4.78, 5) is 29.9. The van der Waals surface area contributed by atoms with Gasteiger partial charge in [0.2, 0.25) is 5.89 Å². The molecule has 2 aromatic rings. The Morgan fingerprint density at radius 1 is 1.22 bits per heavy atom. The second-order valence-electron chi connectivity index (χ2n) is 6.38. The Balaban J connectivity index is 2.08. The number of methoxy groups -OCH3 is 2. The third-order valence-electron chi connectivity index (χ3n) is 3.88. The van der Waals surface area contributed by atoms with Crippen LogP contribution in [0.3, 0.4) is 0 Å². The summed E-state index contributed by atoms with van der Waals surface area (Å²) in [5.74, 6) is 0.821. The van der Waals surface area contributed by atoms with Crippen molar-refractivity contribution < 1.29 is 23.5 Å². The molecule has 8 nitrogen and oxygen atoms in total. The summed E-state index contributed by atoms with van der Waals surface area (Å²) in [5.41, 5.74) is 0.727. The monoisotopic (exact) mass is 375 g/mol. The first kappa shape index (κ1) is 20.3. The first-order valence-electron chi connectivity index (χ1n) is 8.65. The largest absolute Gasteiger partial charge is 0.497 e. The molecule has 146 valence electrons. The number of hydrogen-bond acceptors (Lipinski definition) is 6. The Labute approximate surface area is 158 Å². The molecule has 8 heteroatoms. The van der Waals surface area contributed by atoms with Crippen molar-refractivity contribution in [3.8, 4) is 5.75 Å². The molecule has 0 bridgehead atoms. The molecule has 2 amide bonds. The third-order valence-corrected chi connectivity index (χ3v) is 3.88. The van der Waals surface area contributed by atoms with Gasteiger partial charge in [-0.3, -0.25) is 0 Å². The maximum absolute atomic E-state index is 12.7. The molecule has 27 heavy (non-hydrogen) atoms. The first-order chi connectivity index (χ1) is 12.9. The van der Waals surface area contributed by atoms with Crippen LogP contribution in [-0.4, -0.2) is 42.6 Å². The maximum atomic E-state index is 12.7. The summed E-state index contributed by atoms with van der Waals surface area (Å²) >= 11 is 0. The number of amides is 2. The zero-order valence-corrected chi connectivity index (χ0v) is 16.0. The van der Waals surface area contributed by atoms with Crippen molar-refractivity contribution in [2.75, 3.05) is 26.1 Å². The van der Waals surface area contributed by atoms with E-state index in [1.54, 1.807) is 36.3 Å². The second kappa shape index (κ2) is 9.61. The lowest BCUT2D eigenvalue weighted by atomic mass is 10.1. The zero-order valence-electron chi connectivity index (χ0n) is 16.0. The van der Waals surface area contributed by atoms with E-state index in [4.69, 9.17) is 9.15 Å². The molecule has 0 spiro atoms. The van der Waals surface area contributed by atoms with Gasteiger partial charge in [0.05, 0.1) is 20.8 Å². The number of esters is 1. The van der Waals surface area contributed by atoms with Crippen LogP contribution in [0.1, 0.15) is 36.6 Å². The van der Waals surface area contributed by atoms with Crippen molar-refractivity contribution in [2.24, 2.45) is 5.92 Å². The molecule has 0 radical (unpaired) electrons. The van der Waals surface area contributed by atoms with Crippen molar-refractivity contribution >= 4 is 17.7 Å². The van der Waals surface area contributed by atoms with E-state index in [2.05, 4.69) is 28.9 Å². The Morgan fingerprint density at radius 3 is 2.52 bits per heavy atom. The topological polar surface area (TPSA) is 93.9 Å². The van der Waals surface area contributed by atoms with Crippen LogP contribution in [0.25, 0.3) is 0 Å². The standard InChI is InChI=1S/C19H25N3O5/c1-13(2)9-10-22(11-17-21-16(12-27-17)18(23)26-4)19(24)20-14-5-7-15(25-3)8-6-14/h5-8,12-13H,9-11H2,1-4H3,(H,20,24). The number of carbonyl (C=O) groups excluding carboxylic acids is 2. The van der Waals surface area contributed by atoms with Crippen LogP contribution in [0.4, 0.5) is 10.5 Å². The quantitative estimate of drug-likeness (QED) is 0.709. The zero-order chi connectivity index (χ0) is 19.8. The van der Waals surface area contributed by atoms with E-state index in [1.807, 2.05) is 0 Å². The van der Waals surface area contributed by atoms with E-state index in [-0.39, 0.29) is 24.2 Å². The van der Waals surface area contributed by atoms with Gasteiger partial charge in [-0.1, -0.05) is 13.8 Å². The highest BCUT2D eigenvalue weighted by Gasteiger charge is 2.19. The second-order valence-corrected chi connectivity index (χ2v) is 6.38. The molecule has 0 aliphatic carbocycles. The van der Waals surface area contributed by atoms with Gasteiger partial charge in [0, 0.05) is 12.2 Å². The van der Waals surface area contributed by atoms with E-state index in [9.17, 15) is 9.59 Å². The van der Waals surface area contributed by atoms with Gasteiger partial charge in [0.1, 0.15) is 12.0 Å². The van der Waals surface area contributed by atoms with Gasteiger partial charge in [-0.2, -0.15) is 0 Å². The number of nitrogens with one attached hydrogen (secondary N) is 1. The minimum absolute atomic E-state index is 0.0758. The number of hydrogen-bond donors (Lipinski definition) is 1. The van der Waals surface area contributed by atoms with Gasteiger partial charge in [0.15, 0.2) is 5.69 Å². The molecule has 1 aromatic carbocycles. The average Bonchev–Trinajstić information content (AvgIpc) is 3.13. The fourth-order valence-corrected chi connectivity index (χ4v) is 2.29. The van der Waals surface area contributed by atoms with E-state index < -0.39 is 5.97 Å². The summed E-state index contributed by atoms with van der Waals surface area (Å²) in [6.07, 6.45) is 2.05. The van der Waals surface area contributed by atoms with E-state index in [1.165, 1.54) is 13.4 Å². The first-order valence-corrected chi connectivity index (χ1v) is 8.65. The van der Waals surface area contributed by atoms with Gasteiger partial charge < -0.3 is 24.1 Å². The van der Waals surface area contributed by atoms with Gasteiger partial charge in [-0.25, -0.2) is 14.6 Å². The summed E-state index contributed by atoms with van der Waals surface area (Å²) in [6.45, 7) is 4.83. The Hall–Kier alpha value is -3.03. The lowest BCUT2D eigenvalue weighted by molar-refractivity contribution is 0.0594. The van der Waals surface area contributed by atoms with Crippen molar-refractivity contribution in [1.29, 1.82) is 0 Å². The van der Waals surface area contributed by atoms with Crippen molar-refractivity contribution in [1.82, 2.24) is 9.88 Å². The number of urea groups is 1. The highest BCUT2D eigenvalue weighted by atomic mass is 16.5. The molecule has 0 unspecified atom stereocenters. The Morgan fingerprint density at radius 2 is 1.93 bits per heavy atom. The summed E-state index contributed by atoms with van der Waals surface area (Å²) in [5, 5.41) is 2.85.